The van der Waals surface area contributed by atoms with Crippen molar-refractivity contribution in [2.45, 2.75) is 64.5 Å². The van der Waals surface area contributed by atoms with Crippen LogP contribution < -0.4 is 27.0 Å². The van der Waals surface area contributed by atoms with Crippen LogP contribution in [0.4, 0.5) is 10.5 Å². The lowest BCUT2D eigenvalue weighted by Gasteiger charge is -2.25. The second kappa shape index (κ2) is 15.9. The SMILES string of the molecule is CC(C)[C@H](NC(=O)CCCCCN1C(=O)C=CC1=O)C(=O)N[C@@H](CCCNC(N)=O)C(=O)Nc1ccccc1. The Hall–Kier alpha value is -4.22. The highest BCUT2D eigenvalue weighted by Crippen LogP contribution is 2.11. The molecule has 0 fully saturated rings. The van der Waals surface area contributed by atoms with Gasteiger partial charge in [-0.3, -0.25) is 28.9 Å². The van der Waals surface area contributed by atoms with Gasteiger partial charge in [-0.1, -0.05) is 38.5 Å². The standard InChI is InChI=1S/C27H38N6O6/c1-18(2)24(32-21(34)13-7-4-8-17-33-22(35)14-15-23(33)36)26(38)31-20(12-9-16-29-27(28)39)25(37)30-19-10-5-3-6-11-19/h3,5-6,10-11,14-15,18,20,24H,4,7-9,12-13,16-17H2,1-2H3,(H,30,37)(H,31,38)(H,32,34)(H3,28,29,39)/t20-,24-/m0/s1. The number of carbonyl (C=O) groups is 6. The number of nitrogens with one attached hydrogen (secondary N) is 4. The Morgan fingerprint density at radius 1 is 0.872 bits per heavy atom. The molecule has 1 aliphatic heterocycles. The fourth-order valence-electron chi connectivity index (χ4n) is 3.96. The Morgan fingerprint density at radius 2 is 1.54 bits per heavy atom. The van der Waals surface area contributed by atoms with E-state index in [1.54, 1.807) is 38.1 Å². The number of hydrogen-bond donors (Lipinski definition) is 5. The van der Waals surface area contributed by atoms with Crippen LogP contribution in [0, 0.1) is 5.92 Å². The number of nitrogens with two attached hydrogens (primary N) is 1. The molecule has 1 aliphatic rings. The van der Waals surface area contributed by atoms with Gasteiger partial charge in [-0.2, -0.15) is 0 Å². The van der Waals surface area contributed by atoms with E-state index in [-0.39, 0.29) is 43.0 Å². The summed E-state index contributed by atoms with van der Waals surface area (Å²) >= 11 is 0. The zero-order chi connectivity index (χ0) is 28.8. The van der Waals surface area contributed by atoms with Gasteiger partial charge in [-0.25, -0.2) is 4.79 Å². The van der Waals surface area contributed by atoms with E-state index >= 15 is 0 Å². The summed E-state index contributed by atoms with van der Waals surface area (Å²) in [4.78, 5) is 74.0. The molecule has 0 aromatic heterocycles. The van der Waals surface area contributed by atoms with Gasteiger partial charge in [-0.05, 0) is 43.7 Å². The first-order valence-electron chi connectivity index (χ1n) is 13.1. The van der Waals surface area contributed by atoms with Crippen molar-refractivity contribution in [3.8, 4) is 0 Å². The van der Waals surface area contributed by atoms with Gasteiger partial charge in [0.1, 0.15) is 12.1 Å². The maximum absolute atomic E-state index is 13.1. The van der Waals surface area contributed by atoms with E-state index in [2.05, 4.69) is 21.3 Å². The molecule has 0 bridgehead atoms. The molecule has 1 aromatic carbocycles. The molecule has 6 N–H and O–H groups in total. The smallest absolute Gasteiger partial charge is 0.312 e. The fourth-order valence-corrected chi connectivity index (χ4v) is 3.96. The molecule has 0 aliphatic carbocycles. The van der Waals surface area contributed by atoms with Gasteiger partial charge >= 0.3 is 6.03 Å². The average molecular weight is 543 g/mol. The van der Waals surface area contributed by atoms with Crippen LogP contribution in [0.3, 0.4) is 0 Å². The molecule has 0 radical (unpaired) electrons. The van der Waals surface area contributed by atoms with E-state index in [0.717, 1.165) is 4.90 Å². The molecule has 39 heavy (non-hydrogen) atoms. The molecule has 2 atom stereocenters. The van der Waals surface area contributed by atoms with Gasteiger partial charge in [0, 0.05) is 37.3 Å². The highest BCUT2D eigenvalue weighted by atomic mass is 16.2. The van der Waals surface area contributed by atoms with Gasteiger partial charge < -0.3 is 27.0 Å². The predicted molar refractivity (Wildman–Crippen MR) is 145 cm³/mol. The third-order valence-electron chi connectivity index (χ3n) is 6.09. The average Bonchev–Trinajstić information content (AvgIpc) is 3.21. The van der Waals surface area contributed by atoms with Crippen molar-refractivity contribution in [1.82, 2.24) is 20.9 Å². The van der Waals surface area contributed by atoms with Crippen LogP contribution >= 0.6 is 0 Å². The summed E-state index contributed by atoms with van der Waals surface area (Å²) in [7, 11) is 0. The van der Waals surface area contributed by atoms with Crippen LogP contribution in [0.5, 0.6) is 0 Å². The van der Waals surface area contributed by atoms with E-state index in [9.17, 15) is 28.8 Å². The molecule has 12 heteroatoms. The van der Waals surface area contributed by atoms with Gasteiger partial charge in [0.15, 0.2) is 0 Å². The number of amides is 7. The predicted octanol–water partition coefficient (Wildman–Crippen LogP) is 1.18. The summed E-state index contributed by atoms with van der Waals surface area (Å²) < 4.78 is 0. The van der Waals surface area contributed by atoms with Crippen molar-refractivity contribution in [2.24, 2.45) is 11.7 Å². The molecular weight excluding hydrogens is 504 g/mol. The summed E-state index contributed by atoms with van der Waals surface area (Å²) in [5.41, 5.74) is 5.66. The third kappa shape index (κ3) is 11.0. The molecule has 12 nitrogen and oxygen atoms in total. The Balaban J connectivity index is 1.88. The second-order valence-corrected chi connectivity index (χ2v) is 9.61. The monoisotopic (exact) mass is 542 g/mol. The number of carbonyl (C=O) groups excluding carboxylic acids is 6. The summed E-state index contributed by atoms with van der Waals surface area (Å²) in [5.74, 6) is -2.13. The minimum atomic E-state index is -0.906. The summed E-state index contributed by atoms with van der Waals surface area (Å²) in [6, 6.07) is 6.35. The Bertz CT molecular complexity index is 1040. The molecule has 212 valence electrons. The molecule has 0 spiro atoms. The number of imide groups is 1. The van der Waals surface area contributed by atoms with Crippen molar-refractivity contribution in [1.29, 1.82) is 0 Å². The number of para-hydroxylation sites is 1. The van der Waals surface area contributed by atoms with E-state index in [0.29, 0.717) is 37.9 Å². The number of benzene rings is 1. The highest BCUT2D eigenvalue weighted by molar-refractivity contribution is 6.12. The minimum Gasteiger partial charge on any atom is -0.352 e. The third-order valence-corrected chi connectivity index (χ3v) is 6.09. The summed E-state index contributed by atoms with van der Waals surface area (Å²) in [5, 5.41) is 10.7. The number of rotatable bonds is 16. The molecule has 1 heterocycles. The van der Waals surface area contributed by atoms with Crippen molar-refractivity contribution in [2.75, 3.05) is 18.4 Å². The molecule has 0 saturated carbocycles. The Kier molecular flexibility index (Phi) is 12.6. The van der Waals surface area contributed by atoms with Crippen LogP contribution in [0.25, 0.3) is 0 Å². The van der Waals surface area contributed by atoms with Crippen LogP contribution in [0.1, 0.15) is 52.4 Å². The summed E-state index contributed by atoms with van der Waals surface area (Å²) in [6.07, 6.45) is 5.00. The quantitative estimate of drug-likeness (QED) is 0.155. The van der Waals surface area contributed by atoms with Crippen molar-refractivity contribution >= 4 is 41.3 Å². The van der Waals surface area contributed by atoms with Crippen molar-refractivity contribution in [3.63, 3.8) is 0 Å². The molecule has 0 saturated heterocycles. The van der Waals surface area contributed by atoms with Gasteiger partial charge in [0.25, 0.3) is 11.8 Å². The van der Waals surface area contributed by atoms with E-state index in [1.165, 1.54) is 12.2 Å². The number of anilines is 1. The van der Waals surface area contributed by atoms with Gasteiger partial charge in [0.05, 0.1) is 0 Å². The highest BCUT2D eigenvalue weighted by Gasteiger charge is 2.29. The molecule has 0 unspecified atom stereocenters. The van der Waals surface area contributed by atoms with Crippen molar-refractivity contribution in [3.05, 3.63) is 42.5 Å². The number of unbranched alkanes of at least 4 members (excludes halogenated alkanes) is 2. The lowest BCUT2D eigenvalue weighted by Crippen LogP contribution is -2.54. The largest absolute Gasteiger partial charge is 0.352 e. The minimum absolute atomic E-state index is 0.174. The summed E-state index contributed by atoms with van der Waals surface area (Å²) in [6.45, 7) is 4.11. The number of urea groups is 1. The number of nitrogens with zero attached hydrogens (tertiary/aromatic N) is 1. The van der Waals surface area contributed by atoms with Gasteiger partial charge in [-0.15, -0.1) is 0 Å². The van der Waals surface area contributed by atoms with Crippen LogP contribution in [0.2, 0.25) is 0 Å². The van der Waals surface area contributed by atoms with Gasteiger partial charge in [0.2, 0.25) is 17.7 Å². The van der Waals surface area contributed by atoms with Crippen LogP contribution in [-0.2, 0) is 24.0 Å². The van der Waals surface area contributed by atoms with E-state index < -0.39 is 29.9 Å². The molecule has 2 rings (SSSR count). The Labute approximate surface area is 228 Å². The lowest BCUT2D eigenvalue weighted by atomic mass is 10.0. The van der Waals surface area contributed by atoms with E-state index in [1.807, 2.05) is 6.07 Å². The molecule has 7 amide bonds. The van der Waals surface area contributed by atoms with Crippen LogP contribution in [0.15, 0.2) is 42.5 Å². The maximum atomic E-state index is 13.1. The maximum Gasteiger partial charge on any atom is 0.312 e. The van der Waals surface area contributed by atoms with Crippen molar-refractivity contribution < 1.29 is 28.8 Å². The second-order valence-electron chi connectivity index (χ2n) is 9.61. The first-order valence-corrected chi connectivity index (χ1v) is 13.1. The first-order chi connectivity index (χ1) is 18.6. The van der Waals surface area contributed by atoms with Crippen LogP contribution in [-0.4, -0.2) is 65.6 Å². The number of hydrogen-bond acceptors (Lipinski definition) is 6. The normalized spacial score (nSPS) is 14.2. The lowest BCUT2D eigenvalue weighted by molar-refractivity contribution is -0.137. The molecule has 1 aromatic rings. The zero-order valence-corrected chi connectivity index (χ0v) is 22.4. The first kappa shape index (κ1) is 31.0. The Morgan fingerprint density at radius 3 is 2.15 bits per heavy atom. The molecular formula is C27H38N6O6. The fraction of sp³-hybridized carbons (Fsp3) is 0.481. The topological polar surface area (TPSA) is 180 Å². The van der Waals surface area contributed by atoms with E-state index in [4.69, 9.17) is 5.73 Å². The number of primary amides is 1. The zero-order valence-electron chi connectivity index (χ0n) is 22.4.